The van der Waals surface area contributed by atoms with Gasteiger partial charge in [-0.25, -0.2) is 4.98 Å². The van der Waals surface area contributed by atoms with Crippen molar-refractivity contribution in [3.05, 3.63) is 48.0 Å². The van der Waals surface area contributed by atoms with Crippen LogP contribution in [0.2, 0.25) is 0 Å². The van der Waals surface area contributed by atoms with E-state index >= 15 is 0 Å². The number of imidazole rings is 1. The Morgan fingerprint density at radius 3 is 3.04 bits per heavy atom. The average molecular weight is 325 g/mol. The third kappa shape index (κ3) is 2.72. The van der Waals surface area contributed by atoms with Crippen LogP contribution in [0.4, 0.5) is 5.69 Å². The van der Waals surface area contributed by atoms with Crippen LogP contribution >= 0.6 is 0 Å². The minimum absolute atomic E-state index is 0.139. The number of piperazine rings is 1. The maximum atomic E-state index is 12.9. The van der Waals surface area contributed by atoms with Crippen LogP contribution in [0.5, 0.6) is 0 Å². The van der Waals surface area contributed by atoms with Crippen LogP contribution in [0.15, 0.2) is 36.7 Å². The van der Waals surface area contributed by atoms with Crippen LogP contribution < -0.4 is 10.2 Å². The molecule has 126 valence electrons. The van der Waals surface area contributed by atoms with Crippen molar-refractivity contribution in [2.45, 2.75) is 12.5 Å². The Labute approximate surface area is 142 Å². The molecule has 2 aromatic rings. The van der Waals surface area contributed by atoms with Gasteiger partial charge >= 0.3 is 0 Å². The number of rotatable bonds is 3. The normalized spacial score (nSPS) is 21.0. The molecule has 0 saturated carbocycles. The van der Waals surface area contributed by atoms with Crippen molar-refractivity contribution in [3.63, 3.8) is 0 Å². The highest BCUT2D eigenvalue weighted by Gasteiger charge is 2.31. The molecule has 1 atom stereocenters. The average Bonchev–Trinajstić information content (AvgIpc) is 3.21. The molecule has 4 rings (SSSR count). The Balaban J connectivity index is 1.51. The van der Waals surface area contributed by atoms with E-state index in [1.807, 2.05) is 47.1 Å². The molecule has 0 aliphatic carbocycles. The van der Waals surface area contributed by atoms with Crippen molar-refractivity contribution in [2.75, 3.05) is 37.6 Å². The van der Waals surface area contributed by atoms with Crippen molar-refractivity contribution >= 4 is 11.6 Å². The number of carbonyl (C=O) groups is 1. The van der Waals surface area contributed by atoms with Crippen molar-refractivity contribution in [1.82, 2.24) is 19.8 Å². The van der Waals surface area contributed by atoms with Gasteiger partial charge in [0.05, 0.1) is 12.6 Å². The van der Waals surface area contributed by atoms with Crippen LogP contribution in [0, 0.1) is 0 Å². The van der Waals surface area contributed by atoms with Gasteiger partial charge < -0.3 is 14.8 Å². The Hall–Kier alpha value is -2.18. The standard InChI is InChI=1S/C18H23N5O/c1-21-10-8-20-18(21)16-12-19-7-11-22(16)13-17(24)23-9-6-14-4-2-3-5-15(14)23/h2-5,8,10,16,19H,6-7,9,11-13H2,1H3. The number of anilines is 1. The van der Waals surface area contributed by atoms with Crippen LogP contribution in [0.1, 0.15) is 17.4 Å². The summed E-state index contributed by atoms with van der Waals surface area (Å²) in [4.78, 5) is 21.6. The Kier molecular flexibility index (Phi) is 4.08. The zero-order chi connectivity index (χ0) is 16.5. The fourth-order valence-corrected chi connectivity index (χ4v) is 3.74. The number of para-hydroxylation sites is 1. The van der Waals surface area contributed by atoms with E-state index < -0.39 is 0 Å². The number of carbonyl (C=O) groups excluding carboxylic acids is 1. The summed E-state index contributed by atoms with van der Waals surface area (Å²) < 4.78 is 2.04. The largest absolute Gasteiger partial charge is 0.337 e. The van der Waals surface area contributed by atoms with Gasteiger partial charge in [0.25, 0.3) is 0 Å². The molecule has 0 spiro atoms. The third-order valence-electron chi connectivity index (χ3n) is 5.04. The van der Waals surface area contributed by atoms with Crippen molar-refractivity contribution < 1.29 is 4.79 Å². The molecule has 6 nitrogen and oxygen atoms in total. The van der Waals surface area contributed by atoms with E-state index in [9.17, 15) is 4.79 Å². The molecule has 1 unspecified atom stereocenters. The maximum Gasteiger partial charge on any atom is 0.241 e. The smallest absolute Gasteiger partial charge is 0.241 e. The monoisotopic (exact) mass is 325 g/mol. The molecule has 1 N–H and O–H groups in total. The molecule has 1 fully saturated rings. The highest BCUT2D eigenvalue weighted by Crippen LogP contribution is 2.28. The number of amides is 1. The number of nitrogens with zero attached hydrogens (tertiary/aromatic N) is 4. The lowest BCUT2D eigenvalue weighted by atomic mass is 10.1. The first-order valence-corrected chi connectivity index (χ1v) is 8.54. The molecule has 2 aliphatic heterocycles. The van der Waals surface area contributed by atoms with E-state index in [-0.39, 0.29) is 11.9 Å². The first-order valence-electron chi connectivity index (χ1n) is 8.54. The van der Waals surface area contributed by atoms with E-state index in [0.29, 0.717) is 6.54 Å². The van der Waals surface area contributed by atoms with Crippen molar-refractivity contribution in [2.24, 2.45) is 7.05 Å². The number of hydrogen-bond acceptors (Lipinski definition) is 4. The highest BCUT2D eigenvalue weighted by molar-refractivity contribution is 5.96. The summed E-state index contributed by atoms with van der Waals surface area (Å²) in [5.74, 6) is 1.19. The van der Waals surface area contributed by atoms with Gasteiger partial charge in [0.2, 0.25) is 5.91 Å². The number of fused-ring (bicyclic) bond motifs is 1. The van der Waals surface area contributed by atoms with Crippen LogP contribution in [-0.4, -0.2) is 53.1 Å². The van der Waals surface area contributed by atoms with Crippen LogP contribution in [-0.2, 0) is 18.3 Å². The van der Waals surface area contributed by atoms with Gasteiger partial charge in [-0.2, -0.15) is 0 Å². The second-order valence-electron chi connectivity index (χ2n) is 6.51. The quantitative estimate of drug-likeness (QED) is 0.913. The van der Waals surface area contributed by atoms with Gasteiger partial charge in [0.1, 0.15) is 5.82 Å². The third-order valence-corrected chi connectivity index (χ3v) is 5.04. The van der Waals surface area contributed by atoms with Crippen molar-refractivity contribution in [3.8, 4) is 0 Å². The molecular weight excluding hydrogens is 302 g/mol. The summed E-state index contributed by atoms with van der Waals surface area (Å²) in [5, 5.41) is 3.42. The fourth-order valence-electron chi connectivity index (χ4n) is 3.74. The zero-order valence-corrected chi connectivity index (χ0v) is 14.0. The molecule has 1 aromatic heterocycles. The Bertz CT molecular complexity index is 741. The molecule has 0 bridgehead atoms. The number of aromatic nitrogens is 2. The first-order chi connectivity index (χ1) is 11.7. The maximum absolute atomic E-state index is 12.9. The molecule has 2 aliphatic rings. The summed E-state index contributed by atoms with van der Waals surface area (Å²) in [6, 6.07) is 8.35. The zero-order valence-electron chi connectivity index (χ0n) is 14.0. The van der Waals surface area contributed by atoms with Gasteiger partial charge in [0.15, 0.2) is 0 Å². The molecule has 6 heteroatoms. The SMILES string of the molecule is Cn1ccnc1C1CNCCN1CC(=O)N1CCc2ccccc21. The number of hydrogen-bond donors (Lipinski definition) is 1. The predicted molar refractivity (Wildman–Crippen MR) is 92.9 cm³/mol. The van der Waals surface area contributed by atoms with E-state index in [1.165, 1.54) is 5.56 Å². The summed E-state index contributed by atoms with van der Waals surface area (Å²) in [6.45, 7) is 3.82. The van der Waals surface area contributed by atoms with Gasteiger partial charge in [0, 0.05) is 51.3 Å². The second kappa shape index (κ2) is 6.37. The predicted octanol–water partition coefficient (Wildman–Crippen LogP) is 0.956. The van der Waals surface area contributed by atoms with Gasteiger partial charge in [-0.05, 0) is 18.1 Å². The van der Waals surface area contributed by atoms with Gasteiger partial charge in [-0.1, -0.05) is 18.2 Å². The van der Waals surface area contributed by atoms with Gasteiger partial charge in [-0.3, -0.25) is 9.69 Å². The lowest BCUT2D eigenvalue weighted by Gasteiger charge is -2.36. The lowest BCUT2D eigenvalue weighted by Crippen LogP contribution is -2.50. The topological polar surface area (TPSA) is 53.4 Å². The molecular formula is C18H23N5O. The molecule has 1 aromatic carbocycles. The second-order valence-corrected chi connectivity index (χ2v) is 6.51. The molecule has 0 radical (unpaired) electrons. The van der Waals surface area contributed by atoms with Crippen LogP contribution in [0.3, 0.4) is 0 Å². The lowest BCUT2D eigenvalue weighted by molar-refractivity contribution is -0.120. The fraction of sp³-hybridized carbons (Fsp3) is 0.444. The number of nitrogens with one attached hydrogen (secondary N) is 1. The Morgan fingerprint density at radius 2 is 2.21 bits per heavy atom. The summed E-state index contributed by atoms with van der Waals surface area (Å²) >= 11 is 0. The minimum Gasteiger partial charge on any atom is -0.337 e. The molecule has 3 heterocycles. The van der Waals surface area contributed by atoms with E-state index in [2.05, 4.69) is 21.3 Å². The van der Waals surface area contributed by atoms with E-state index in [1.54, 1.807) is 0 Å². The summed E-state index contributed by atoms with van der Waals surface area (Å²) in [5.41, 5.74) is 2.35. The molecule has 1 amide bonds. The van der Waals surface area contributed by atoms with Gasteiger partial charge in [-0.15, -0.1) is 0 Å². The number of aryl methyl sites for hydroxylation is 1. The Morgan fingerprint density at radius 1 is 1.33 bits per heavy atom. The van der Waals surface area contributed by atoms with E-state index in [4.69, 9.17) is 0 Å². The minimum atomic E-state index is 0.139. The number of benzene rings is 1. The highest BCUT2D eigenvalue weighted by atomic mass is 16.2. The molecule has 1 saturated heterocycles. The summed E-state index contributed by atoms with van der Waals surface area (Å²) in [6.07, 6.45) is 4.73. The first kappa shape index (κ1) is 15.4. The molecule has 24 heavy (non-hydrogen) atoms. The summed E-state index contributed by atoms with van der Waals surface area (Å²) in [7, 11) is 2.01. The van der Waals surface area contributed by atoms with Crippen molar-refractivity contribution in [1.29, 1.82) is 0 Å². The van der Waals surface area contributed by atoms with E-state index in [0.717, 1.165) is 44.1 Å². The van der Waals surface area contributed by atoms with Crippen LogP contribution in [0.25, 0.3) is 0 Å².